The molecule has 0 aliphatic rings. The van der Waals surface area contributed by atoms with Crippen molar-refractivity contribution in [3.63, 3.8) is 0 Å². The molecule has 0 fully saturated rings. The van der Waals surface area contributed by atoms with Gasteiger partial charge in [0.25, 0.3) is 0 Å². The van der Waals surface area contributed by atoms with Gasteiger partial charge in [0.2, 0.25) is 0 Å². The standard InChI is InChI=1S/C30H33N2S.3C2H6N.Zr/c1-6-22-15-17-23(18-16-22)27-19-33-30(31-27)28(24-11-8-7-9-12-24)32-29-25(20(2)3)13-10-14-26(29)21(4)5;3*1-3-2;/h7-21,28H,6H2,1-5H3;3*1-2H3;/q4*-1;+4. The normalized spacial score (nSPS) is 10.7. The SMILES string of the molecule is CCc1ccc(-c2csc(C([N-]c3c(C(C)C)cccc3C(C)C)c3ccccc3)n2)cc1.C[N-]C.C[N-]C.C[N-]C.[Zr+4]. The van der Waals surface area contributed by atoms with Crippen LogP contribution in [-0.2, 0) is 32.6 Å². The zero-order chi connectivity index (χ0) is 31.5. The molecule has 4 rings (SSSR count). The van der Waals surface area contributed by atoms with Gasteiger partial charge < -0.3 is 21.3 Å². The molecule has 0 saturated carbocycles. The molecule has 1 heterocycles. The third-order valence-corrected chi connectivity index (χ3v) is 7.03. The molecule has 1 aromatic heterocycles. The first-order chi connectivity index (χ1) is 20.2. The van der Waals surface area contributed by atoms with Gasteiger partial charge in [-0.2, -0.15) is 42.3 Å². The Morgan fingerprint density at radius 1 is 0.674 bits per heavy atom. The fraction of sp³-hybridized carbons (Fsp3) is 0.417. The number of nitrogens with zero attached hydrogens (tertiary/aromatic N) is 5. The topological polar surface area (TPSA) is 69.3 Å². The Balaban J connectivity index is 0.00000157. The van der Waals surface area contributed by atoms with Gasteiger partial charge in [0, 0.05) is 10.9 Å². The summed E-state index contributed by atoms with van der Waals surface area (Å²) in [4.78, 5) is 5.08. The van der Waals surface area contributed by atoms with E-state index in [-0.39, 0.29) is 32.2 Å². The molecule has 1 atom stereocenters. The molecular weight excluding hydrogens is 626 g/mol. The van der Waals surface area contributed by atoms with Crippen LogP contribution in [0.5, 0.6) is 0 Å². The first-order valence-electron chi connectivity index (χ1n) is 14.6. The minimum atomic E-state index is -0.128. The van der Waals surface area contributed by atoms with Crippen molar-refractivity contribution >= 4 is 17.0 Å². The van der Waals surface area contributed by atoms with E-state index in [2.05, 4.69) is 129 Å². The summed E-state index contributed by atoms with van der Waals surface area (Å²) >= 11 is 1.70. The average molecular weight is 677 g/mol. The van der Waals surface area contributed by atoms with Gasteiger partial charge >= 0.3 is 26.2 Å². The van der Waals surface area contributed by atoms with Crippen LogP contribution in [0.4, 0.5) is 5.69 Å². The second-order valence-electron chi connectivity index (χ2n) is 10.5. The van der Waals surface area contributed by atoms with Crippen LogP contribution in [0.15, 0.2) is 78.2 Å². The molecule has 4 aromatic rings. The van der Waals surface area contributed by atoms with Crippen LogP contribution in [0, 0.1) is 0 Å². The molecule has 3 aromatic carbocycles. The van der Waals surface area contributed by atoms with E-state index in [0.717, 1.165) is 28.4 Å². The molecule has 7 heteroatoms. The van der Waals surface area contributed by atoms with Crippen LogP contribution in [0.3, 0.4) is 0 Å². The van der Waals surface area contributed by atoms with E-state index < -0.39 is 0 Å². The summed E-state index contributed by atoms with van der Waals surface area (Å²) in [6.45, 7) is 11.2. The van der Waals surface area contributed by atoms with Gasteiger partial charge in [0.05, 0.1) is 10.7 Å². The van der Waals surface area contributed by atoms with Crippen LogP contribution >= 0.6 is 11.3 Å². The van der Waals surface area contributed by atoms with Gasteiger partial charge in [0.1, 0.15) is 0 Å². The maximum atomic E-state index is 5.42. The van der Waals surface area contributed by atoms with Gasteiger partial charge in [0.15, 0.2) is 0 Å². The Hall–Kier alpha value is -2.15. The number of thiazole rings is 1. The van der Waals surface area contributed by atoms with E-state index in [1.54, 1.807) is 53.6 Å². The predicted molar refractivity (Wildman–Crippen MR) is 188 cm³/mol. The van der Waals surface area contributed by atoms with Crippen molar-refractivity contribution in [2.75, 3.05) is 42.3 Å². The van der Waals surface area contributed by atoms with Crippen LogP contribution in [0.2, 0.25) is 0 Å². The Morgan fingerprint density at radius 2 is 1.16 bits per heavy atom. The molecule has 230 valence electrons. The summed E-state index contributed by atoms with van der Waals surface area (Å²) < 4.78 is 0. The molecule has 1 unspecified atom stereocenters. The maximum absolute atomic E-state index is 5.42. The number of aryl methyl sites for hydroxylation is 1. The summed E-state index contributed by atoms with van der Waals surface area (Å²) in [5.41, 5.74) is 8.43. The van der Waals surface area contributed by atoms with Crippen LogP contribution in [0.1, 0.15) is 79.8 Å². The predicted octanol–water partition coefficient (Wildman–Crippen LogP) is 11.3. The zero-order valence-electron chi connectivity index (χ0n) is 28.1. The third-order valence-electron chi connectivity index (χ3n) is 6.13. The molecule has 0 saturated heterocycles. The Morgan fingerprint density at radius 3 is 1.60 bits per heavy atom. The second-order valence-corrected chi connectivity index (χ2v) is 11.4. The van der Waals surface area contributed by atoms with Crippen molar-refractivity contribution in [3.8, 4) is 11.3 Å². The van der Waals surface area contributed by atoms with Gasteiger partial charge in [-0.25, -0.2) is 4.98 Å². The first-order valence-corrected chi connectivity index (χ1v) is 15.5. The van der Waals surface area contributed by atoms with Crippen LogP contribution in [0.25, 0.3) is 32.5 Å². The minimum absolute atomic E-state index is 0. The van der Waals surface area contributed by atoms with Crippen molar-refractivity contribution < 1.29 is 26.2 Å². The Bertz CT molecular complexity index is 1210. The fourth-order valence-electron chi connectivity index (χ4n) is 4.15. The van der Waals surface area contributed by atoms with E-state index in [0.29, 0.717) is 11.8 Å². The van der Waals surface area contributed by atoms with E-state index in [4.69, 9.17) is 10.3 Å². The van der Waals surface area contributed by atoms with E-state index in [1.165, 1.54) is 22.3 Å². The van der Waals surface area contributed by atoms with Crippen molar-refractivity contribution in [1.29, 1.82) is 0 Å². The summed E-state index contributed by atoms with van der Waals surface area (Å²) in [7, 11) is 10.5. The van der Waals surface area contributed by atoms with E-state index >= 15 is 0 Å². The Labute approximate surface area is 285 Å². The monoisotopic (exact) mass is 675 g/mol. The fourth-order valence-corrected chi connectivity index (χ4v) is 5.04. The van der Waals surface area contributed by atoms with Gasteiger partial charge in [-0.3, -0.25) is 0 Å². The summed E-state index contributed by atoms with van der Waals surface area (Å²) in [5.74, 6) is 0.811. The number of para-hydroxylation sites is 1. The second kappa shape index (κ2) is 23.3. The van der Waals surface area contributed by atoms with Gasteiger partial charge in [-0.05, 0) is 29.9 Å². The molecule has 0 amide bonds. The zero-order valence-corrected chi connectivity index (χ0v) is 31.4. The molecule has 0 radical (unpaired) electrons. The van der Waals surface area contributed by atoms with Crippen LogP contribution in [-0.4, -0.2) is 47.3 Å². The smallest absolute Gasteiger partial charge is 0.672 e. The number of benzene rings is 3. The summed E-state index contributed by atoms with van der Waals surface area (Å²) in [5, 5.41) is 19.1. The van der Waals surface area contributed by atoms with Gasteiger partial charge in [-0.1, -0.05) is 124 Å². The number of hydrogen-bond acceptors (Lipinski definition) is 2. The molecule has 0 spiro atoms. The average Bonchev–Trinajstić information content (AvgIpc) is 3.47. The molecule has 0 aliphatic carbocycles. The largest absolute Gasteiger partial charge is 4.00 e. The van der Waals surface area contributed by atoms with Crippen molar-refractivity contribution in [2.45, 2.75) is 58.9 Å². The van der Waals surface area contributed by atoms with Crippen molar-refractivity contribution in [3.05, 3.63) is 127 Å². The summed E-state index contributed by atoms with van der Waals surface area (Å²) in [6, 6.07) is 25.8. The van der Waals surface area contributed by atoms with Crippen molar-refractivity contribution in [2.24, 2.45) is 0 Å². The molecule has 43 heavy (non-hydrogen) atoms. The number of hydrogen-bond donors (Lipinski definition) is 0. The first kappa shape index (κ1) is 40.9. The third kappa shape index (κ3) is 13.6. The van der Waals surface area contributed by atoms with E-state index in [1.807, 2.05) is 0 Å². The van der Waals surface area contributed by atoms with Crippen molar-refractivity contribution in [1.82, 2.24) is 4.98 Å². The molecule has 0 N–H and O–H groups in total. The quantitative estimate of drug-likeness (QED) is 0.183. The minimum Gasteiger partial charge on any atom is -0.672 e. The number of rotatable bonds is 8. The molecule has 0 aliphatic heterocycles. The summed E-state index contributed by atoms with van der Waals surface area (Å²) in [6.07, 6.45) is 1.05. The Kier molecular flexibility index (Phi) is 22.1. The number of aromatic nitrogens is 1. The molecule has 5 nitrogen and oxygen atoms in total. The molecular formula is C36H51N5SZr. The molecule has 0 bridgehead atoms. The van der Waals surface area contributed by atoms with Crippen LogP contribution < -0.4 is 0 Å². The van der Waals surface area contributed by atoms with E-state index in [9.17, 15) is 0 Å². The van der Waals surface area contributed by atoms with Gasteiger partial charge in [-0.15, -0.1) is 17.0 Å². The maximum Gasteiger partial charge on any atom is 4.00 e.